The van der Waals surface area contributed by atoms with Gasteiger partial charge in [-0.25, -0.2) is 12.8 Å². The SMILES string of the molecule is O=C(c1cccc(S(=O)(=O)Nc2ccccc2F)c1)N1CCN(C/C=C/c2ccccc2)CC1. The molecule has 1 aliphatic rings. The Morgan fingerprint density at radius 2 is 1.62 bits per heavy atom. The minimum Gasteiger partial charge on any atom is -0.336 e. The van der Waals surface area contributed by atoms with Gasteiger partial charge in [-0.15, -0.1) is 0 Å². The number of carbonyl (C=O) groups excluding carboxylic acids is 1. The van der Waals surface area contributed by atoms with Crippen LogP contribution in [0.3, 0.4) is 0 Å². The van der Waals surface area contributed by atoms with Gasteiger partial charge in [0.25, 0.3) is 15.9 Å². The molecule has 0 unspecified atom stereocenters. The molecule has 176 valence electrons. The van der Waals surface area contributed by atoms with Crippen LogP contribution in [0.15, 0.2) is 89.8 Å². The summed E-state index contributed by atoms with van der Waals surface area (Å²) in [6, 6.07) is 21.5. The van der Waals surface area contributed by atoms with Gasteiger partial charge in [-0.1, -0.05) is 60.7 Å². The van der Waals surface area contributed by atoms with Gasteiger partial charge in [0.1, 0.15) is 5.82 Å². The van der Waals surface area contributed by atoms with Gasteiger partial charge in [-0.2, -0.15) is 0 Å². The molecule has 0 saturated carbocycles. The van der Waals surface area contributed by atoms with Crippen molar-refractivity contribution in [3.8, 4) is 0 Å². The number of hydrogen-bond donors (Lipinski definition) is 1. The number of sulfonamides is 1. The van der Waals surface area contributed by atoms with Crippen molar-refractivity contribution in [2.24, 2.45) is 0 Å². The van der Waals surface area contributed by atoms with E-state index in [0.29, 0.717) is 13.1 Å². The predicted octanol–water partition coefficient (Wildman–Crippen LogP) is 4.10. The average Bonchev–Trinajstić information content (AvgIpc) is 2.86. The Morgan fingerprint density at radius 1 is 0.912 bits per heavy atom. The third-order valence-electron chi connectivity index (χ3n) is 5.64. The highest BCUT2D eigenvalue weighted by molar-refractivity contribution is 7.92. The standard InChI is InChI=1S/C26H26FN3O3S/c27-24-13-4-5-14-25(24)28-34(32,33)23-12-6-11-22(20-23)26(31)30-18-16-29(17-19-30)15-7-10-21-8-2-1-3-9-21/h1-14,20,28H,15-19H2/b10-7+. The molecule has 0 atom stereocenters. The van der Waals surface area contributed by atoms with Crippen molar-refractivity contribution in [3.05, 3.63) is 102 Å². The highest BCUT2D eigenvalue weighted by Crippen LogP contribution is 2.20. The smallest absolute Gasteiger partial charge is 0.262 e. The fourth-order valence-corrected chi connectivity index (χ4v) is 4.87. The summed E-state index contributed by atoms with van der Waals surface area (Å²) >= 11 is 0. The number of nitrogens with zero attached hydrogens (tertiary/aromatic N) is 2. The van der Waals surface area contributed by atoms with Crippen LogP contribution >= 0.6 is 0 Å². The van der Waals surface area contributed by atoms with Crippen LogP contribution in [-0.4, -0.2) is 56.8 Å². The molecule has 1 saturated heterocycles. The number of amides is 1. The van der Waals surface area contributed by atoms with E-state index >= 15 is 0 Å². The summed E-state index contributed by atoms with van der Waals surface area (Å²) in [6.07, 6.45) is 4.20. The minimum absolute atomic E-state index is 0.0914. The van der Waals surface area contributed by atoms with E-state index in [-0.39, 0.29) is 22.1 Å². The summed E-state index contributed by atoms with van der Waals surface area (Å²) in [7, 11) is -4.04. The van der Waals surface area contributed by atoms with E-state index in [1.807, 2.05) is 30.3 Å². The molecule has 3 aromatic carbocycles. The number of halogens is 1. The van der Waals surface area contributed by atoms with E-state index in [4.69, 9.17) is 0 Å². The van der Waals surface area contributed by atoms with Gasteiger partial charge in [0.2, 0.25) is 0 Å². The first-order chi connectivity index (χ1) is 16.4. The number of anilines is 1. The second kappa shape index (κ2) is 10.6. The number of benzene rings is 3. The molecule has 1 heterocycles. The molecule has 3 aromatic rings. The summed E-state index contributed by atoms with van der Waals surface area (Å²) in [5.74, 6) is -0.891. The topological polar surface area (TPSA) is 69.7 Å². The van der Waals surface area contributed by atoms with E-state index in [9.17, 15) is 17.6 Å². The van der Waals surface area contributed by atoms with E-state index in [1.54, 1.807) is 11.0 Å². The van der Waals surface area contributed by atoms with E-state index in [1.165, 1.54) is 42.5 Å². The van der Waals surface area contributed by atoms with E-state index in [0.717, 1.165) is 25.2 Å². The fraction of sp³-hybridized carbons (Fsp3) is 0.192. The maximum atomic E-state index is 13.9. The lowest BCUT2D eigenvalue weighted by Crippen LogP contribution is -2.48. The highest BCUT2D eigenvalue weighted by Gasteiger charge is 2.23. The number of para-hydroxylation sites is 1. The molecule has 1 N–H and O–H groups in total. The normalized spacial score (nSPS) is 14.9. The van der Waals surface area contributed by atoms with Gasteiger partial charge in [0, 0.05) is 38.3 Å². The van der Waals surface area contributed by atoms with Gasteiger partial charge in [-0.05, 0) is 35.9 Å². The zero-order valence-electron chi connectivity index (χ0n) is 18.6. The Labute approximate surface area is 199 Å². The summed E-state index contributed by atoms with van der Waals surface area (Å²) in [5.41, 5.74) is 1.29. The third kappa shape index (κ3) is 5.89. The average molecular weight is 480 g/mol. The Morgan fingerprint density at radius 3 is 2.35 bits per heavy atom. The lowest BCUT2D eigenvalue weighted by molar-refractivity contribution is 0.0650. The van der Waals surface area contributed by atoms with Crippen LogP contribution in [0.2, 0.25) is 0 Å². The van der Waals surface area contributed by atoms with Gasteiger partial charge in [0.05, 0.1) is 10.6 Å². The quantitative estimate of drug-likeness (QED) is 0.554. The first kappa shape index (κ1) is 23.7. The first-order valence-corrected chi connectivity index (χ1v) is 12.5. The summed E-state index contributed by atoms with van der Waals surface area (Å²) in [5, 5.41) is 0. The molecule has 1 aliphatic heterocycles. The Bertz CT molecular complexity index is 1270. The van der Waals surface area contributed by atoms with Gasteiger partial charge in [-0.3, -0.25) is 14.4 Å². The van der Waals surface area contributed by atoms with Crippen LogP contribution in [0, 0.1) is 5.82 Å². The van der Waals surface area contributed by atoms with Crippen molar-refractivity contribution in [1.82, 2.24) is 9.80 Å². The molecular weight excluding hydrogens is 453 g/mol. The molecule has 8 heteroatoms. The lowest BCUT2D eigenvalue weighted by atomic mass is 10.1. The molecule has 6 nitrogen and oxygen atoms in total. The number of carbonyl (C=O) groups is 1. The van der Waals surface area contributed by atoms with Crippen molar-refractivity contribution in [2.75, 3.05) is 37.4 Å². The zero-order valence-corrected chi connectivity index (χ0v) is 19.4. The number of hydrogen-bond acceptors (Lipinski definition) is 4. The van der Waals surface area contributed by atoms with Gasteiger partial charge >= 0.3 is 0 Å². The summed E-state index contributed by atoms with van der Waals surface area (Å²) in [4.78, 5) is 16.9. The molecule has 0 aromatic heterocycles. The van der Waals surface area contributed by atoms with Crippen molar-refractivity contribution in [2.45, 2.75) is 4.90 Å². The molecule has 1 amide bonds. The van der Waals surface area contributed by atoms with Crippen LogP contribution in [0.25, 0.3) is 6.08 Å². The lowest BCUT2D eigenvalue weighted by Gasteiger charge is -2.34. The Kier molecular flexibility index (Phi) is 7.40. The number of piperazine rings is 1. The molecule has 0 spiro atoms. The fourth-order valence-electron chi connectivity index (χ4n) is 3.76. The van der Waals surface area contributed by atoms with Crippen molar-refractivity contribution >= 4 is 27.7 Å². The predicted molar refractivity (Wildman–Crippen MR) is 131 cm³/mol. The van der Waals surface area contributed by atoms with E-state index < -0.39 is 15.8 Å². The number of nitrogens with one attached hydrogen (secondary N) is 1. The second-order valence-electron chi connectivity index (χ2n) is 8.02. The largest absolute Gasteiger partial charge is 0.336 e. The summed E-state index contributed by atoms with van der Waals surface area (Å²) in [6.45, 7) is 3.38. The van der Waals surface area contributed by atoms with Crippen LogP contribution < -0.4 is 4.72 Å². The highest BCUT2D eigenvalue weighted by atomic mass is 32.2. The minimum atomic E-state index is -4.04. The van der Waals surface area contributed by atoms with Crippen molar-refractivity contribution < 1.29 is 17.6 Å². The zero-order chi connectivity index (χ0) is 24.0. The maximum Gasteiger partial charge on any atom is 0.262 e. The van der Waals surface area contributed by atoms with Gasteiger partial charge in [0.15, 0.2) is 0 Å². The third-order valence-corrected chi connectivity index (χ3v) is 7.01. The van der Waals surface area contributed by atoms with Crippen molar-refractivity contribution in [3.63, 3.8) is 0 Å². The summed E-state index contributed by atoms with van der Waals surface area (Å²) < 4.78 is 41.6. The van der Waals surface area contributed by atoms with Crippen LogP contribution in [0.5, 0.6) is 0 Å². The van der Waals surface area contributed by atoms with Crippen molar-refractivity contribution in [1.29, 1.82) is 0 Å². The van der Waals surface area contributed by atoms with Gasteiger partial charge < -0.3 is 4.90 Å². The Balaban J connectivity index is 1.36. The molecule has 0 radical (unpaired) electrons. The molecular formula is C26H26FN3O3S. The second-order valence-corrected chi connectivity index (χ2v) is 9.70. The molecule has 1 fully saturated rings. The molecule has 4 rings (SSSR count). The molecule has 34 heavy (non-hydrogen) atoms. The first-order valence-electron chi connectivity index (χ1n) is 11.0. The monoisotopic (exact) mass is 479 g/mol. The molecule has 0 bridgehead atoms. The van der Waals surface area contributed by atoms with E-state index in [2.05, 4.69) is 21.8 Å². The molecule has 0 aliphatic carbocycles. The maximum absolute atomic E-state index is 13.9. The Hall–Kier alpha value is -3.49. The number of rotatable bonds is 7. The van der Waals surface area contributed by atoms with Crippen LogP contribution in [0.4, 0.5) is 10.1 Å². The van der Waals surface area contributed by atoms with Crippen LogP contribution in [-0.2, 0) is 10.0 Å². The van der Waals surface area contributed by atoms with Crippen LogP contribution in [0.1, 0.15) is 15.9 Å².